The molecule has 0 radical (unpaired) electrons. The van der Waals surface area contributed by atoms with E-state index in [0.717, 1.165) is 16.6 Å². The number of hydrogen-bond acceptors (Lipinski definition) is 2. The first-order chi connectivity index (χ1) is 10.1. The summed E-state index contributed by atoms with van der Waals surface area (Å²) in [4.78, 5) is 13.9. The molecule has 0 aliphatic carbocycles. The number of benzene rings is 1. The standard InChI is InChI=1S/C16H19FN2O2/c1-11-6-12-4-2-3-5-15(12)18(11)9-16(21)19-8-13(17)7-14(19)10-20/h2-6,13-14,20H,7-10H2,1H3/t13-,14-/m0/s1. The van der Waals surface area contributed by atoms with E-state index < -0.39 is 12.2 Å². The molecule has 1 amide bonds. The molecule has 1 N–H and O–H groups in total. The Bertz CT molecular complexity index is 667. The molecular formula is C16H19FN2O2. The molecule has 5 heteroatoms. The van der Waals surface area contributed by atoms with Crippen molar-refractivity contribution in [1.82, 2.24) is 9.47 Å². The minimum atomic E-state index is -1.03. The molecule has 0 saturated carbocycles. The lowest BCUT2D eigenvalue weighted by atomic mass is 10.2. The lowest BCUT2D eigenvalue weighted by Gasteiger charge is -2.23. The number of nitrogens with zero attached hydrogens (tertiary/aromatic N) is 2. The third-order valence-corrected chi connectivity index (χ3v) is 4.21. The molecule has 0 unspecified atom stereocenters. The van der Waals surface area contributed by atoms with Crippen molar-refractivity contribution in [3.8, 4) is 0 Å². The van der Waals surface area contributed by atoms with Gasteiger partial charge in [-0.05, 0) is 24.4 Å². The predicted octanol–water partition coefficient (Wildman–Crippen LogP) is 1.88. The van der Waals surface area contributed by atoms with Crippen molar-refractivity contribution in [3.05, 3.63) is 36.0 Å². The maximum absolute atomic E-state index is 13.5. The monoisotopic (exact) mass is 290 g/mol. The van der Waals surface area contributed by atoms with Gasteiger partial charge in [0.1, 0.15) is 12.7 Å². The van der Waals surface area contributed by atoms with E-state index in [0.29, 0.717) is 0 Å². The van der Waals surface area contributed by atoms with Crippen LogP contribution in [-0.2, 0) is 11.3 Å². The zero-order valence-corrected chi connectivity index (χ0v) is 12.0. The average molecular weight is 290 g/mol. The van der Waals surface area contributed by atoms with E-state index in [2.05, 4.69) is 0 Å². The number of aliphatic hydroxyl groups is 1. The smallest absolute Gasteiger partial charge is 0.242 e. The Kier molecular flexibility index (Phi) is 3.68. The van der Waals surface area contributed by atoms with Crippen molar-refractivity contribution in [1.29, 1.82) is 0 Å². The minimum Gasteiger partial charge on any atom is -0.394 e. The number of hydrogen-bond donors (Lipinski definition) is 1. The highest BCUT2D eigenvalue weighted by Crippen LogP contribution is 2.23. The summed E-state index contributed by atoms with van der Waals surface area (Å²) in [5.74, 6) is -0.140. The van der Waals surface area contributed by atoms with E-state index in [1.54, 1.807) is 0 Å². The van der Waals surface area contributed by atoms with Crippen LogP contribution in [0, 0.1) is 6.92 Å². The maximum atomic E-state index is 13.5. The average Bonchev–Trinajstić information content (AvgIpc) is 3.00. The normalized spacial score (nSPS) is 22.1. The van der Waals surface area contributed by atoms with Crippen LogP contribution in [-0.4, -0.2) is 45.8 Å². The number of aromatic nitrogens is 1. The van der Waals surface area contributed by atoms with Gasteiger partial charge >= 0.3 is 0 Å². The van der Waals surface area contributed by atoms with E-state index >= 15 is 0 Å². The molecule has 2 heterocycles. The number of carbonyl (C=O) groups excluding carboxylic acids is 1. The highest BCUT2D eigenvalue weighted by atomic mass is 19.1. The number of rotatable bonds is 3. The van der Waals surface area contributed by atoms with Gasteiger partial charge in [-0.1, -0.05) is 18.2 Å². The Morgan fingerprint density at radius 2 is 2.19 bits per heavy atom. The summed E-state index contributed by atoms with van der Waals surface area (Å²) in [6.07, 6.45) is -0.804. The van der Waals surface area contributed by atoms with Gasteiger partial charge in [0.25, 0.3) is 0 Å². The molecule has 1 aliphatic rings. The Hall–Kier alpha value is -1.88. The molecule has 1 aromatic heterocycles. The van der Waals surface area contributed by atoms with Gasteiger partial charge in [0.15, 0.2) is 0 Å². The summed E-state index contributed by atoms with van der Waals surface area (Å²) in [6, 6.07) is 9.52. The molecule has 1 aliphatic heterocycles. The van der Waals surface area contributed by atoms with Crippen molar-refractivity contribution in [2.75, 3.05) is 13.2 Å². The molecule has 3 rings (SSSR count). The zero-order valence-electron chi connectivity index (χ0n) is 12.0. The Balaban J connectivity index is 1.85. The number of para-hydroxylation sites is 1. The van der Waals surface area contributed by atoms with Crippen LogP contribution in [0.25, 0.3) is 10.9 Å². The third kappa shape index (κ3) is 2.53. The first-order valence-electron chi connectivity index (χ1n) is 7.19. The predicted molar refractivity (Wildman–Crippen MR) is 78.8 cm³/mol. The van der Waals surface area contributed by atoms with Gasteiger partial charge in [-0.2, -0.15) is 0 Å². The number of aryl methyl sites for hydroxylation is 1. The number of likely N-dealkylation sites (tertiary alicyclic amines) is 1. The van der Waals surface area contributed by atoms with Crippen LogP contribution >= 0.6 is 0 Å². The van der Waals surface area contributed by atoms with Crippen LogP contribution in [0.2, 0.25) is 0 Å². The lowest BCUT2D eigenvalue weighted by Crippen LogP contribution is -2.39. The maximum Gasteiger partial charge on any atom is 0.242 e. The molecular weight excluding hydrogens is 271 g/mol. The first kappa shape index (κ1) is 14.1. The van der Waals surface area contributed by atoms with Crippen molar-refractivity contribution in [2.24, 2.45) is 0 Å². The minimum absolute atomic E-state index is 0.0856. The number of halogens is 1. The fourth-order valence-electron chi connectivity index (χ4n) is 3.12. The summed E-state index contributed by atoms with van der Waals surface area (Å²) in [7, 11) is 0. The quantitative estimate of drug-likeness (QED) is 0.938. The van der Waals surface area contributed by atoms with Gasteiger partial charge in [0.05, 0.1) is 19.2 Å². The van der Waals surface area contributed by atoms with Crippen LogP contribution in [0.5, 0.6) is 0 Å². The zero-order chi connectivity index (χ0) is 15.0. The van der Waals surface area contributed by atoms with Gasteiger partial charge < -0.3 is 14.6 Å². The Labute approximate surface area is 122 Å². The lowest BCUT2D eigenvalue weighted by molar-refractivity contribution is -0.133. The van der Waals surface area contributed by atoms with Gasteiger partial charge in [0.2, 0.25) is 5.91 Å². The van der Waals surface area contributed by atoms with Gasteiger partial charge in [-0.3, -0.25) is 4.79 Å². The summed E-state index contributed by atoms with van der Waals surface area (Å²) in [6.45, 7) is 2.04. The van der Waals surface area contributed by atoms with Crippen LogP contribution in [0.1, 0.15) is 12.1 Å². The molecule has 1 saturated heterocycles. The van der Waals surface area contributed by atoms with E-state index in [1.165, 1.54) is 4.90 Å². The molecule has 1 aromatic carbocycles. The van der Waals surface area contributed by atoms with Gasteiger partial charge in [-0.25, -0.2) is 4.39 Å². The second-order valence-corrected chi connectivity index (χ2v) is 5.65. The number of fused-ring (bicyclic) bond motifs is 1. The van der Waals surface area contributed by atoms with Gasteiger partial charge in [0, 0.05) is 17.6 Å². The topological polar surface area (TPSA) is 45.5 Å². The molecule has 0 spiro atoms. The molecule has 0 bridgehead atoms. The van der Waals surface area contributed by atoms with Crippen LogP contribution in [0.15, 0.2) is 30.3 Å². The number of alkyl halides is 1. The number of carbonyl (C=O) groups is 1. The molecule has 4 nitrogen and oxygen atoms in total. The van der Waals surface area contributed by atoms with Crippen LogP contribution in [0.4, 0.5) is 4.39 Å². The van der Waals surface area contributed by atoms with Gasteiger partial charge in [-0.15, -0.1) is 0 Å². The molecule has 2 aromatic rings. The van der Waals surface area contributed by atoms with Crippen molar-refractivity contribution in [3.63, 3.8) is 0 Å². The van der Waals surface area contributed by atoms with Crippen molar-refractivity contribution < 1.29 is 14.3 Å². The second kappa shape index (κ2) is 5.48. The highest BCUT2D eigenvalue weighted by Gasteiger charge is 2.34. The molecule has 21 heavy (non-hydrogen) atoms. The number of aliphatic hydroxyl groups excluding tert-OH is 1. The number of amides is 1. The van der Waals surface area contributed by atoms with E-state index in [4.69, 9.17) is 0 Å². The van der Waals surface area contributed by atoms with Crippen LogP contribution in [0.3, 0.4) is 0 Å². The fraction of sp³-hybridized carbons (Fsp3) is 0.438. The molecule has 112 valence electrons. The SMILES string of the molecule is Cc1cc2ccccc2n1CC(=O)N1C[C@@H](F)C[C@H]1CO. The largest absolute Gasteiger partial charge is 0.394 e. The summed E-state index contributed by atoms with van der Waals surface area (Å²) in [5.41, 5.74) is 2.00. The van der Waals surface area contributed by atoms with Crippen molar-refractivity contribution in [2.45, 2.75) is 32.1 Å². The third-order valence-electron chi connectivity index (χ3n) is 4.21. The second-order valence-electron chi connectivity index (χ2n) is 5.65. The fourth-order valence-corrected chi connectivity index (χ4v) is 3.12. The summed E-state index contributed by atoms with van der Waals surface area (Å²) in [5, 5.41) is 10.4. The first-order valence-corrected chi connectivity index (χ1v) is 7.19. The Morgan fingerprint density at radius 1 is 1.43 bits per heavy atom. The van der Waals surface area contributed by atoms with Crippen LogP contribution < -0.4 is 0 Å². The van der Waals surface area contributed by atoms with E-state index in [9.17, 15) is 14.3 Å². The van der Waals surface area contributed by atoms with E-state index in [-0.39, 0.29) is 32.0 Å². The van der Waals surface area contributed by atoms with Crippen molar-refractivity contribution >= 4 is 16.8 Å². The summed E-state index contributed by atoms with van der Waals surface area (Å²) >= 11 is 0. The highest BCUT2D eigenvalue weighted by molar-refractivity contribution is 5.84. The Morgan fingerprint density at radius 3 is 2.95 bits per heavy atom. The molecule has 1 fully saturated rings. The summed E-state index contributed by atoms with van der Waals surface area (Å²) < 4.78 is 15.4. The molecule has 2 atom stereocenters. The van der Waals surface area contributed by atoms with E-state index in [1.807, 2.05) is 41.8 Å².